The number of nitrogens with one attached hydrogen (secondary N) is 1. The van der Waals surface area contributed by atoms with Gasteiger partial charge in [-0.15, -0.1) is 0 Å². The number of aromatic nitrogens is 2. The lowest BCUT2D eigenvalue weighted by atomic mass is 10.0. The van der Waals surface area contributed by atoms with Crippen molar-refractivity contribution in [2.45, 2.75) is 6.42 Å². The Morgan fingerprint density at radius 1 is 1.18 bits per heavy atom. The number of fused-ring (bicyclic) bond motifs is 1. The maximum Gasteiger partial charge on any atom is 0.227 e. The molecule has 0 aliphatic carbocycles. The van der Waals surface area contributed by atoms with E-state index < -0.39 is 0 Å². The first-order valence-electron chi connectivity index (χ1n) is 7.87. The van der Waals surface area contributed by atoms with E-state index in [4.69, 9.17) is 0 Å². The quantitative estimate of drug-likeness (QED) is 0.922. The highest BCUT2D eigenvalue weighted by molar-refractivity contribution is 5.79. The maximum absolute atomic E-state index is 12.5. The van der Waals surface area contributed by atoms with Crippen LogP contribution >= 0.6 is 0 Å². The fourth-order valence-corrected chi connectivity index (χ4v) is 3.52. The molecule has 1 N–H and O–H groups in total. The Hall–Kier alpha value is -2.14. The topological polar surface area (TPSA) is 50.2 Å². The van der Waals surface area contributed by atoms with Crippen LogP contribution in [0.5, 0.6) is 0 Å². The Labute approximate surface area is 129 Å². The van der Waals surface area contributed by atoms with Gasteiger partial charge in [0.2, 0.25) is 5.91 Å². The van der Waals surface area contributed by atoms with Crippen molar-refractivity contribution >= 4 is 5.91 Å². The number of rotatable bonds is 3. The van der Waals surface area contributed by atoms with Gasteiger partial charge in [0.1, 0.15) is 0 Å². The molecule has 2 aromatic rings. The van der Waals surface area contributed by atoms with Crippen LogP contribution in [0.1, 0.15) is 5.56 Å². The van der Waals surface area contributed by atoms with Gasteiger partial charge < -0.3 is 10.2 Å². The highest BCUT2D eigenvalue weighted by atomic mass is 16.2. The summed E-state index contributed by atoms with van der Waals surface area (Å²) in [6.45, 7) is 3.92. The van der Waals surface area contributed by atoms with Gasteiger partial charge in [0.25, 0.3) is 0 Å². The molecule has 1 aromatic heterocycles. The average molecular weight is 296 g/mol. The third kappa shape index (κ3) is 2.52. The summed E-state index contributed by atoms with van der Waals surface area (Å²) in [5.74, 6) is 1.52. The molecule has 5 nitrogen and oxygen atoms in total. The van der Waals surface area contributed by atoms with Crippen molar-refractivity contribution in [1.29, 1.82) is 0 Å². The number of hydrogen-bond acceptors (Lipinski definition) is 3. The van der Waals surface area contributed by atoms with Gasteiger partial charge in [-0.25, -0.2) is 4.68 Å². The van der Waals surface area contributed by atoms with Crippen molar-refractivity contribution < 1.29 is 4.79 Å². The smallest absolute Gasteiger partial charge is 0.227 e. The molecule has 0 saturated carbocycles. The predicted octanol–water partition coefficient (Wildman–Crippen LogP) is 1.09. The number of likely N-dealkylation sites (tertiary alicyclic amines) is 1. The largest absolute Gasteiger partial charge is 0.342 e. The molecule has 0 radical (unpaired) electrons. The summed E-state index contributed by atoms with van der Waals surface area (Å²) < 4.78 is 1.82. The summed E-state index contributed by atoms with van der Waals surface area (Å²) in [5, 5.41) is 7.76. The van der Waals surface area contributed by atoms with Crippen molar-refractivity contribution in [3.8, 4) is 5.69 Å². The van der Waals surface area contributed by atoms with Gasteiger partial charge in [-0.3, -0.25) is 4.79 Å². The highest BCUT2D eigenvalue weighted by Crippen LogP contribution is 2.26. The normalized spacial score (nSPS) is 23.7. The highest BCUT2D eigenvalue weighted by Gasteiger charge is 2.37. The number of amides is 1. The van der Waals surface area contributed by atoms with Crippen LogP contribution in [-0.4, -0.2) is 46.8 Å². The molecule has 0 spiro atoms. The number of carbonyl (C=O) groups is 1. The molecule has 4 rings (SSSR count). The predicted molar refractivity (Wildman–Crippen MR) is 83.7 cm³/mol. The summed E-state index contributed by atoms with van der Waals surface area (Å²) in [6.07, 6.45) is 4.19. The van der Waals surface area contributed by atoms with E-state index in [2.05, 4.69) is 10.4 Å². The second kappa shape index (κ2) is 5.57. The standard InChI is InChI=1S/C17H20N4O/c22-17(20-11-14-8-18-9-15(14)12-20)6-13-7-19-21(10-13)16-4-2-1-3-5-16/h1-5,7,10,14-15,18H,6,8-9,11-12H2/t14-,15+. The summed E-state index contributed by atoms with van der Waals surface area (Å²) in [6, 6.07) is 9.97. The van der Waals surface area contributed by atoms with Gasteiger partial charge in [-0.05, 0) is 29.5 Å². The minimum atomic E-state index is 0.224. The third-order valence-electron chi connectivity index (χ3n) is 4.75. The number of hydrogen-bond donors (Lipinski definition) is 1. The Morgan fingerprint density at radius 2 is 1.91 bits per heavy atom. The van der Waals surface area contributed by atoms with Gasteiger partial charge in [-0.1, -0.05) is 18.2 Å². The lowest BCUT2D eigenvalue weighted by Gasteiger charge is -2.16. The van der Waals surface area contributed by atoms with Crippen molar-refractivity contribution in [2.75, 3.05) is 26.2 Å². The van der Waals surface area contributed by atoms with Gasteiger partial charge in [0.15, 0.2) is 0 Å². The fraction of sp³-hybridized carbons (Fsp3) is 0.412. The number of para-hydroxylation sites is 1. The zero-order valence-electron chi connectivity index (χ0n) is 12.5. The van der Waals surface area contributed by atoms with Gasteiger partial charge in [0, 0.05) is 32.4 Å². The molecular formula is C17H20N4O. The lowest BCUT2D eigenvalue weighted by molar-refractivity contribution is -0.129. The molecular weight excluding hydrogens is 276 g/mol. The molecule has 5 heteroatoms. The minimum Gasteiger partial charge on any atom is -0.342 e. The first kappa shape index (κ1) is 13.5. The first-order chi connectivity index (χ1) is 10.8. The van der Waals surface area contributed by atoms with Gasteiger partial charge in [-0.2, -0.15) is 5.10 Å². The molecule has 22 heavy (non-hydrogen) atoms. The molecule has 0 unspecified atom stereocenters. The van der Waals surface area contributed by atoms with Crippen molar-refractivity contribution in [3.05, 3.63) is 48.3 Å². The molecule has 1 aromatic carbocycles. The van der Waals surface area contributed by atoms with Crippen molar-refractivity contribution in [1.82, 2.24) is 20.0 Å². The number of carbonyl (C=O) groups excluding carboxylic acids is 1. The van der Waals surface area contributed by atoms with E-state index in [1.54, 1.807) is 6.20 Å². The third-order valence-corrected chi connectivity index (χ3v) is 4.75. The second-order valence-electron chi connectivity index (χ2n) is 6.28. The first-order valence-corrected chi connectivity index (χ1v) is 7.87. The van der Waals surface area contributed by atoms with Crippen LogP contribution in [0, 0.1) is 11.8 Å². The maximum atomic E-state index is 12.5. The second-order valence-corrected chi connectivity index (χ2v) is 6.28. The van der Waals surface area contributed by atoms with E-state index in [9.17, 15) is 4.79 Å². The Kier molecular flexibility index (Phi) is 3.42. The van der Waals surface area contributed by atoms with Crippen LogP contribution in [0.2, 0.25) is 0 Å². The summed E-state index contributed by atoms with van der Waals surface area (Å²) in [7, 11) is 0. The fourth-order valence-electron chi connectivity index (χ4n) is 3.52. The molecule has 2 fully saturated rings. The van der Waals surface area contributed by atoms with Crippen molar-refractivity contribution in [3.63, 3.8) is 0 Å². The van der Waals surface area contributed by atoms with Crippen LogP contribution in [0.3, 0.4) is 0 Å². The number of nitrogens with zero attached hydrogens (tertiary/aromatic N) is 3. The van der Waals surface area contributed by atoms with E-state index in [0.717, 1.165) is 37.4 Å². The lowest BCUT2D eigenvalue weighted by Crippen LogP contribution is -2.32. The van der Waals surface area contributed by atoms with Crippen LogP contribution in [0.15, 0.2) is 42.7 Å². The van der Waals surface area contributed by atoms with Crippen molar-refractivity contribution in [2.24, 2.45) is 11.8 Å². The molecule has 1 amide bonds. The van der Waals surface area contributed by atoms with E-state index in [1.807, 2.05) is 46.1 Å². The zero-order chi connectivity index (χ0) is 14.9. The monoisotopic (exact) mass is 296 g/mol. The molecule has 0 bridgehead atoms. The molecule has 2 aliphatic rings. The van der Waals surface area contributed by atoms with E-state index >= 15 is 0 Å². The Bertz CT molecular complexity index is 654. The summed E-state index contributed by atoms with van der Waals surface area (Å²) in [4.78, 5) is 14.5. The Balaban J connectivity index is 1.41. The van der Waals surface area contributed by atoms with E-state index in [1.165, 1.54) is 0 Å². The summed E-state index contributed by atoms with van der Waals surface area (Å²) >= 11 is 0. The van der Waals surface area contributed by atoms with Crippen LogP contribution in [-0.2, 0) is 11.2 Å². The van der Waals surface area contributed by atoms with E-state index in [-0.39, 0.29) is 5.91 Å². The van der Waals surface area contributed by atoms with Crippen LogP contribution in [0.4, 0.5) is 0 Å². The summed E-state index contributed by atoms with van der Waals surface area (Å²) in [5.41, 5.74) is 1.99. The molecule has 2 saturated heterocycles. The average Bonchev–Trinajstić information content (AvgIpc) is 3.23. The van der Waals surface area contributed by atoms with Crippen LogP contribution in [0.25, 0.3) is 5.69 Å². The molecule has 2 aliphatic heterocycles. The van der Waals surface area contributed by atoms with E-state index in [0.29, 0.717) is 18.3 Å². The molecule has 2 atom stereocenters. The van der Waals surface area contributed by atoms with Crippen LogP contribution < -0.4 is 5.32 Å². The SMILES string of the molecule is O=C(Cc1cnn(-c2ccccc2)c1)N1C[C@H]2CNC[C@H]2C1. The molecule has 114 valence electrons. The Morgan fingerprint density at radius 3 is 2.64 bits per heavy atom. The minimum absolute atomic E-state index is 0.224. The molecule has 3 heterocycles. The number of benzene rings is 1. The van der Waals surface area contributed by atoms with Gasteiger partial charge >= 0.3 is 0 Å². The van der Waals surface area contributed by atoms with Gasteiger partial charge in [0.05, 0.1) is 18.3 Å². The zero-order valence-corrected chi connectivity index (χ0v) is 12.5.